The first-order chi connectivity index (χ1) is 14.7. The van der Waals surface area contributed by atoms with Crippen LogP contribution in [0.4, 0.5) is 14.9 Å². The first kappa shape index (κ1) is 29.6. The van der Waals surface area contributed by atoms with E-state index in [4.69, 9.17) is 0 Å². The Morgan fingerprint density at radius 1 is 1.09 bits per heavy atom. The van der Waals surface area contributed by atoms with Gasteiger partial charge in [0.15, 0.2) is 5.03 Å². The Balaban J connectivity index is 0.00000544. The van der Waals surface area contributed by atoms with Crippen LogP contribution in [0.15, 0.2) is 23.2 Å². The Hall–Kier alpha value is -1.46. The van der Waals surface area contributed by atoms with Gasteiger partial charge < -0.3 is 5.32 Å². The predicted octanol–water partition coefficient (Wildman–Crippen LogP) is 3.51. The quantitative estimate of drug-likeness (QED) is 0.551. The third-order valence-electron chi connectivity index (χ3n) is 5.40. The third kappa shape index (κ3) is 7.51. The van der Waals surface area contributed by atoms with Crippen molar-refractivity contribution in [1.29, 1.82) is 0 Å². The van der Waals surface area contributed by atoms with Crippen molar-refractivity contribution in [3.05, 3.63) is 40.8 Å². The second kappa shape index (κ2) is 11.8. The molecule has 2 aromatic rings. The number of aromatic nitrogens is 2. The standard InChI is InChI=1S/C22H34FN5O3S.Na.H/c1-13(2)18-9-16(23)10-19(14(3)4)21(18)24-22(29)26-32(30,31)20-11-17(28(8)25-20)12-27(7)15(5)6;;/h9-11,13-15H,12H2,1-8H3,(H2,24,26,29);;. The first-order valence-electron chi connectivity index (χ1n) is 10.6. The summed E-state index contributed by atoms with van der Waals surface area (Å²) in [6.07, 6.45) is 0. The minimum atomic E-state index is -4.20. The second-order valence-corrected chi connectivity index (χ2v) is 10.6. The molecule has 180 valence electrons. The summed E-state index contributed by atoms with van der Waals surface area (Å²) in [5.41, 5.74) is 2.31. The van der Waals surface area contributed by atoms with Gasteiger partial charge in [-0.15, -0.1) is 0 Å². The molecule has 33 heavy (non-hydrogen) atoms. The van der Waals surface area contributed by atoms with Crippen molar-refractivity contribution in [3.63, 3.8) is 0 Å². The van der Waals surface area contributed by atoms with Gasteiger partial charge >= 0.3 is 35.6 Å². The predicted molar refractivity (Wildman–Crippen MR) is 131 cm³/mol. The molecule has 1 aromatic heterocycles. The van der Waals surface area contributed by atoms with Gasteiger partial charge in [0, 0.05) is 31.4 Å². The molecule has 0 unspecified atom stereocenters. The van der Waals surface area contributed by atoms with E-state index in [1.807, 2.05) is 58.2 Å². The number of hydrogen-bond donors (Lipinski definition) is 2. The Bertz CT molecular complexity index is 1050. The molecule has 0 aliphatic heterocycles. The van der Waals surface area contributed by atoms with Crippen LogP contribution >= 0.6 is 0 Å². The monoisotopic (exact) mass is 491 g/mol. The molecule has 1 heterocycles. The van der Waals surface area contributed by atoms with Gasteiger partial charge in [0.25, 0.3) is 10.0 Å². The van der Waals surface area contributed by atoms with Gasteiger partial charge in [0.1, 0.15) is 5.82 Å². The van der Waals surface area contributed by atoms with E-state index in [1.165, 1.54) is 22.9 Å². The molecule has 0 radical (unpaired) electrons. The molecule has 0 saturated heterocycles. The van der Waals surface area contributed by atoms with Gasteiger partial charge in [0.05, 0.1) is 5.69 Å². The molecule has 0 atom stereocenters. The zero-order valence-electron chi connectivity index (χ0n) is 20.0. The van der Waals surface area contributed by atoms with Crippen molar-refractivity contribution < 1.29 is 17.6 Å². The Morgan fingerprint density at radius 3 is 2.06 bits per heavy atom. The summed E-state index contributed by atoms with van der Waals surface area (Å²) in [7, 11) is -0.611. The van der Waals surface area contributed by atoms with Crippen LogP contribution in [0.25, 0.3) is 0 Å². The SMILES string of the molecule is CC(C)c1cc(F)cc(C(C)C)c1NC(=O)NS(=O)(=O)c1cc(CN(C)C(C)C)n(C)n1.[NaH]. The molecule has 0 saturated carbocycles. The van der Waals surface area contributed by atoms with Gasteiger partial charge in [-0.25, -0.2) is 13.9 Å². The van der Waals surface area contributed by atoms with E-state index >= 15 is 0 Å². The average molecular weight is 492 g/mol. The molecule has 11 heteroatoms. The summed E-state index contributed by atoms with van der Waals surface area (Å²) in [5, 5.41) is 6.45. The van der Waals surface area contributed by atoms with Crippen molar-refractivity contribution in [2.75, 3.05) is 12.4 Å². The summed E-state index contributed by atoms with van der Waals surface area (Å²) in [6, 6.07) is 3.51. The number of urea groups is 1. The van der Waals surface area contributed by atoms with E-state index in [2.05, 4.69) is 10.4 Å². The number of aryl methyl sites for hydroxylation is 1. The van der Waals surface area contributed by atoms with Crippen molar-refractivity contribution in [3.8, 4) is 0 Å². The number of nitrogens with one attached hydrogen (secondary N) is 2. The summed E-state index contributed by atoms with van der Waals surface area (Å²) in [6.45, 7) is 12.1. The minimum absolute atomic E-state index is 0. The number of benzene rings is 1. The van der Waals surface area contributed by atoms with Gasteiger partial charge in [0.2, 0.25) is 0 Å². The van der Waals surface area contributed by atoms with Crippen LogP contribution in [-0.4, -0.2) is 71.8 Å². The average Bonchev–Trinajstić information content (AvgIpc) is 3.03. The van der Waals surface area contributed by atoms with Crippen LogP contribution in [0.1, 0.15) is 70.2 Å². The number of halogens is 1. The molecule has 2 rings (SSSR count). The van der Waals surface area contributed by atoms with Crippen LogP contribution in [0.5, 0.6) is 0 Å². The second-order valence-electron chi connectivity index (χ2n) is 8.93. The summed E-state index contributed by atoms with van der Waals surface area (Å²) < 4.78 is 43.2. The van der Waals surface area contributed by atoms with Crippen LogP contribution < -0.4 is 10.0 Å². The van der Waals surface area contributed by atoms with E-state index in [0.29, 0.717) is 29.1 Å². The molecule has 1 aromatic carbocycles. The molecule has 0 fully saturated rings. The number of nitrogens with zero attached hydrogens (tertiary/aromatic N) is 3. The third-order valence-corrected chi connectivity index (χ3v) is 6.60. The zero-order valence-corrected chi connectivity index (χ0v) is 20.8. The fourth-order valence-electron chi connectivity index (χ4n) is 3.21. The van der Waals surface area contributed by atoms with Crippen molar-refractivity contribution in [1.82, 2.24) is 19.4 Å². The summed E-state index contributed by atoms with van der Waals surface area (Å²) in [5.74, 6) is -0.554. The molecule has 0 spiro atoms. The van der Waals surface area contributed by atoms with Crippen LogP contribution in [0.3, 0.4) is 0 Å². The Kier molecular flexibility index (Phi) is 10.6. The molecule has 2 amide bonds. The number of amides is 2. The Morgan fingerprint density at radius 2 is 1.61 bits per heavy atom. The molecule has 0 aliphatic rings. The molecule has 0 aliphatic carbocycles. The van der Waals surface area contributed by atoms with E-state index in [1.54, 1.807) is 7.05 Å². The topological polar surface area (TPSA) is 96.3 Å². The number of carbonyl (C=O) groups is 1. The maximum absolute atomic E-state index is 14.1. The van der Waals surface area contributed by atoms with Crippen LogP contribution in [0.2, 0.25) is 0 Å². The van der Waals surface area contributed by atoms with Crippen molar-refractivity contribution >= 4 is 51.3 Å². The van der Waals surface area contributed by atoms with E-state index in [9.17, 15) is 17.6 Å². The number of carbonyl (C=O) groups excluding carboxylic acids is 1. The summed E-state index contributed by atoms with van der Waals surface area (Å²) >= 11 is 0. The molecular weight excluding hydrogens is 456 g/mol. The van der Waals surface area contributed by atoms with E-state index in [-0.39, 0.29) is 52.5 Å². The number of hydrogen-bond acceptors (Lipinski definition) is 5. The maximum atomic E-state index is 14.1. The van der Waals surface area contributed by atoms with Gasteiger partial charge in [-0.05, 0) is 56.0 Å². The van der Waals surface area contributed by atoms with Crippen LogP contribution in [0, 0.1) is 5.82 Å². The number of sulfonamides is 1. The first-order valence-corrected chi connectivity index (χ1v) is 12.1. The Labute approximate surface area is 218 Å². The van der Waals surface area contributed by atoms with E-state index < -0.39 is 21.9 Å². The molecule has 0 bridgehead atoms. The molecular formula is C22H35FN5NaO3S. The van der Waals surface area contributed by atoms with Crippen molar-refractivity contribution in [2.45, 2.75) is 71.0 Å². The number of rotatable bonds is 8. The number of anilines is 1. The molecule has 2 N–H and O–H groups in total. The molecule has 8 nitrogen and oxygen atoms in total. The fourth-order valence-corrected chi connectivity index (χ4v) is 4.13. The van der Waals surface area contributed by atoms with Gasteiger partial charge in [-0.2, -0.15) is 13.5 Å². The van der Waals surface area contributed by atoms with Crippen LogP contribution in [-0.2, 0) is 23.6 Å². The summed E-state index contributed by atoms with van der Waals surface area (Å²) in [4.78, 5) is 14.7. The van der Waals surface area contributed by atoms with Gasteiger partial charge in [-0.1, -0.05) is 27.7 Å². The van der Waals surface area contributed by atoms with Crippen molar-refractivity contribution in [2.24, 2.45) is 7.05 Å². The van der Waals surface area contributed by atoms with E-state index in [0.717, 1.165) is 0 Å². The van der Waals surface area contributed by atoms with Gasteiger partial charge in [-0.3, -0.25) is 9.58 Å². The normalized spacial score (nSPS) is 11.9. The zero-order chi connectivity index (χ0) is 24.4. The fraction of sp³-hybridized carbons (Fsp3) is 0.545.